The molecule has 1 saturated heterocycles. The highest BCUT2D eigenvalue weighted by Crippen LogP contribution is 2.30. The van der Waals surface area contributed by atoms with Crippen molar-refractivity contribution in [1.29, 1.82) is 0 Å². The predicted octanol–water partition coefficient (Wildman–Crippen LogP) is 3.27. The third kappa shape index (κ3) is 6.44. The molecule has 182 valence electrons. The summed E-state index contributed by atoms with van der Waals surface area (Å²) >= 11 is 0. The van der Waals surface area contributed by atoms with Crippen LogP contribution < -0.4 is 5.32 Å². The molecule has 0 unspecified atom stereocenters. The number of carbonyl (C=O) groups excluding carboxylic acids is 2. The van der Waals surface area contributed by atoms with Crippen molar-refractivity contribution in [3.05, 3.63) is 71.8 Å². The van der Waals surface area contributed by atoms with Crippen LogP contribution in [0.2, 0.25) is 0 Å². The summed E-state index contributed by atoms with van der Waals surface area (Å²) in [6.45, 7) is 9.97. The van der Waals surface area contributed by atoms with Gasteiger partial charge in [0, 0.05) is 19.5 Å². The van der Waals surface area contributed by atoms with Gasteiger partial charge in [0.15, 0.2) is 0 Å². The van der Waals surface area contributed by atoms with Gasteiger partial charge < -0.3 is 20.0 Å². The molecule has 7 nitrogen and oxygen atoms in total. The van der Waals surface area contributed by atoms with Crippen LogP contribution in [0.4, 0.5) is 0 Å². The van der Waals surface area contributed by atoms with E-state index >= 15 is 0 Å². The molecule has 7 heteroatoms. The molecule has 1 fully saturated rings. The first-order valence-corrected chi connectivity index (χ1v) is 12.2. The SMILES string of the molecule is CCON=C1C[C@@H](C(=O)NCCN(CC)CC)N(C(=O)C(c2ccccc2)c2ccccc2)C1. The van der Waals surface area contributed by atoms with E-state index in [9.17, 15) is 9.59 Å². The summed E-state index contributed by atoms with van der Waals surface area (Å²) < 4.78 is 0. The molecular weight excluding hydrogens is 428 g/mol. The molecule has 0 bridgehead atoms. The van der Waals surface area contributed by atoms with Crippen molar-refractivity contribution in [1.82, 2.24) is 15.1 Å². The van der Waals surface area contributed by atoms with E-state index in [1.165, 1.54) is 0 Å². The topological polar surface area (TPSA) is 74.2 Å². The Bertz CT molecular complexity index is 905. The largest absolute Gasteiger partial charge is 0.396 e. The minimum Gasteiger partial charge on any atom is -0.396 e. The van der Waals surface area contributed by atoms with Gasteiger partial charge in [-0.3, -0.25) is 9.59 Å². The summed E-state index contributed by atoms with van der Waals surface area (Å²) in [6, 6.07) is 18.8. The quantitative estimate of drug-likeness (QED) is 0.518. The van der Waals surface area contributed by atoms with Crippen molar-refractivity contribution in [2.24, 2.45) is 5.16 Å². The standard InChI is InChI=1S/C27H36N4O3/c1-4-30(5-2)18-17-28-26(32)24-19-23(29-34-6-3)20-31(24)27(33)25(21-13-9-7-10-14-21)22-15-11-8-12-16-22/h7-16,24-25H,4-6,17-20H2,1-3H3,(H,28,32)/t24-/m0/s1. The van der Waals surface area contributed by atoms with Crippen LogP contribution in [0, 0.1) is 0 Å². The molecule has 1 aliphatic rings. The maximum absolute atomic E-state index is 14.0. The fourth-order valence-electron chi connectivity index (χ4n) is 4.32. The van der Waals surface area contributed by atoms with Crippen molar-refractivity contribution >= 4 is 17.5 Å². The van der Waals surface area contributed by atoms with Gasteiger partial charge in [0.2, 0.25) is 11.8 Å². The van der Waals surface area contributed by atoms with Crippen LogP contribution in [0.15, 0.2) is 65.8 Å². The fourth-order valence-corrected chi connectivity index (χ4v) is 4.32. The predicted molar refractivity (Wildman–Crippen MR) is 135 cm³/mol. The summed E-state index contributed by atoms with van der Waals surface area (Å²) in [5.41, 5.74) is 2.50. The number of likely N-dealkylation sites (N-methyl/N-ethyl adjacent to an activating group) is 1. The minimum absolute atomic E-state index is 0.108. The van der Waals surface area contributed by atoms with Crippen LogP contribution in [-0.2, 0) is 14.4 Å². The lowest BCUT2D eigenvalue weighted by molar-refractivity contribution is -0.138. The number of hydrogen-bond acceptors (Lipinski definition) is 5. The fraction of sp³-hybridized carbons (Fsp3) is 0.444. The lowest BCUT2D eigenvalue weighted by atomic mass is 9.90. The van der Waals surface area contributed by atoms with Gasteiger partial charge in [-0.1, -0.05) is 79.7 Å². The van der Waals surface area contributed by atoms with Gasteiger partial charge >= 0.3 is 0 Å². The van der Waals surface area contributed by atoms with Gasteiger partial charge in [0.1, 0.15) is 12.6 Å². The van der Waals surface area contributed by atoms with E-state index in [1.54, 1.807) is 4.90 Å². The molecule has 1 N–H and O–H groups in total. The van der Waals surface area contributed by atoms with Gasteiger partial charge in [-0.05, 0) is 31.1 Å². The molecule has 2 aromatic carbocycles. The second-order valence-electron chi connectivity index (χ2n) is 8.33. The summed E-state index contributed by atoms with van der Waals surface area (Å²) in [4.78, 5) is 36.4. The Hall–Kier alpha value is -3.19. The Morgan fingerprint density at radius 3 is 2.15 bits per heavy atom. The summed E-state index contributed by atoms with van der Waals surface area (Å²) in [7, 11) is 0. The van der Waals surface area contributed by atoms with Crippen molar-refractivity contribution in [3.63, 3.8) is 0 Å². The number of likely N-dealkylation sites (tertiary alicyclic amines) is 1. The van der Waals surface area contributed by atoms with Crippen LogP contribution in [0.5, 0.6) is 0 Å². The average molecular weight is 465 g/mol. The van der Waals surface area contributed by atoms with Gasteiger partial charge in [-0.2, -0.15) is 0 Å². The van der Waals surface area contributed by atoms with E-state index < -0.39 is 12.0 Å². The molecule has 1 atom stereocenters. The van der Waals surface area contributed by atoms with Crippen molar-refractivity contribution in [2.75, 3.05) is 39.3 Å². The Kier molecular flexibility index (Phi) is 9.64. The van der Waals surface area contributed by atoms with E-state index in [0.29, 0.717) is 25.3 Å². The maximum Gasteiger partial charge on any atom is 0.243 e. The molecule has 0 aromatic heterocycles. The Morgan fingerprint density at radius 1 is 1.03 bits per heavy atom. The third-order valence-corrected chi connectivity index (χ3v) is 6.20. The van der Waals surface area contributed by atoms with Gasteiger partial charge in [0.25, 0.3) is 0 Å². The monoisotopic (exact) mass is 464 g/mol. The maximum atomic E-state index is 14.0. The van der Waals surface area contributed by atoms with E-state index in [0.717, 1.165) is 30.8 Å². The first-order valence-electron chi connectivity index (χ1n) is 12.2. The van der Waals surface area contributed by atoms with E-state index in [1.807, 2.05) is 67.6 Å². The highest BCUT2D eigenvalue weighted by atomic mass is 16.6. The summed E-state index contributed by atoms with van der Waals surface area (Å²) in [6.07, 6.45) is 0.374. The van der Waals surface area contributed by atoms with Crippen molar-refractivity contribution in [3.8, 4) is 0 Å². The molecule has 2 aromatic rings. The highest BCUT2D eigenvalue weighted by Gasteiger charge is 2.41. The van der Waals surface area contributed by atoms with Gasteiger partial charge in [0.05, 0.1) is 18.2 Å². The zero-order chi connectivity index (χ0) is 24.3. The molecule has 0 radical (unpaired) electrons. The number of oxime groups is 1. The number of rotatable bonds is 11. The zero-order valence-electron chi connectivity index (χ0n) is 20.4. The van der Waals surface area contributed by atoms with Gasteiger partial charge in [-0.25, -0.2) is 0 Å². The smallest absolute Gasteiger partial charge is 0.243 e. The molecule has 0 aliphatic carbocycles. The molecule has 0 spiro atoms. The van der Waals surface area contributed by atoms with Crippen LogP contribution in [-0.4, -0.2) is 72.7 Å². The van der Waals surface area contributed by atoms with Crippen LogP contribution >= 0.6 is 0 Å². The average Bonchev–Trinajstić information content (AvgIpc) is 3.31. The Balaban J connectivity index is 1.85. The number of amides is 2. The van der Waals surface area contributed by atoms with Gasteiger partial charge in [-0.15, -0.1) is 0 Å². The van der Waals surface area contributed by atoms with E-state index in [-0.39, 0.29) is 18.4 Å². The number of nitrogens with zero attached hydrogens (tertiary/aromatic N) is 3. The second kappa shape index (κ2) is 12.9. The number of carbonyl (C=O) groups is 2. The van der Waals surface area contributed by atoms with Crippen molar-refractivity contribution in [2.45, 2.75) is 39.2 Å². The van der Waals surface area contributed by atoms with E-state index in [4.69, 9.17) is 4.84 Å². The molecule has 3 rings (SSSR count). The Morgan fingerprint density at radius 2 is 1.62 bits per heavy atom. The molecule has 0 saturated carbocycles. The highest BCUT2D eigenvalue weighted by molar-refractivity contribution is 6.02. The summed E-state index contributed by atoms with van der Waals surface area (Å²) in [5.74, 6) is -0.759. The number of hydrogen-bond donors (Lipinski definition) is 1. The molecule has 34 heavy (non-hydrogen) atoms. The third-order valence-electron chi connectivity index (χ3n) is 6.20. The normalized spacial score (nSPS) is 16.9. The molecule has 1 aliphatic heterocycles. The van der Waals surface area contributed by atoms with Crippen LogP contribution in [0.1, 0.15) is 44.2 Å². The summed E-state index contributed by atoms with van der Waals surface area (Å²) in [5, 5.41) is 7.21. The number of benzene rings is 2. The Labute approximate surface area is 202 Å². The number of nitrogens with one attached hydrogen (secondary N) is 1. The second-order valence-corrected chi connectivity index (χ2v) is 8.33. The lowest BCUT2D eigenvalue weighted by Crippen LogP contribution is -2.48. The molecular formula is C27H36N4O3. The minimum atomic E-state index is -0.613. The van der Waals surface area contributed by atoms with Crippen LogP contribution in [0.3, 0.4) is 0 Å². The molecule has 1 heterocycles. The van der Waals surface area contributed by atoms with E-state index in [2.05, 4.69) is 29.2 Å². The van der Waals surface area contributed by atoms with Crippen molar-refractivity contribution < 1.29 is 14.4 Å². The van der Waals surface area contributed by atoms with Crippen LogP contribution in [0.25, 0.3) is 0 Å². The molecule has 2 amide bonds. The first-order chi connectivity index (χ1) is 16.6. The lowest BCUT2D eigenvalue weighted by Gasteiger charge is -2.28. The first kappa shape index (κ1) is 25.4. The zero-order valence-corrected chi connectivity index (χ0v) is 20.4.